The van der Waals surface area contributed by atoms with E-state index in [1.807, 2.05) is 6.92 Å². The Morgan fingerprint density at radius 2 is 1.87 bits per heavy atom. The summed E-state index contributed by atoms with van der Waals surface area (Å²) in [6.45, 7) is 4.53. The highest BCUT2D eigenvalue weighted by molar-refractivity contribution is 5.89. The molecule has 6 nitrogen and oxygen atoms in total. The second kappa shape index (κ2) is 8.12. The molecule has 3 heterocycles. The molecule has 1 aromatic carbocycles. The molecule has 1 fully saturated rings. The Morgan fingerprint density at radius 3 is 2.60 bits per heavy atom. The first kappa shape index (κ1) is 20.4. The molecule has 2 amide bonds. The molecule has 2 aliphatic heterocycles. The van der Waals surface area contributed by atoms with Crippen molar-refractivity contribution in [1.29, 1.82) is 0 Å². The van der Waals surface area contributed by atoms with Crippen molar-refractivity contribution in [3.05, 3.63) is 46.9 Å². The molecule has 9 heteroatoms. The van der Waals surface area contributed by atoms with Crippen LogP contribution in [0.4, 0.5) is 29.5 Å². The van der Waals surface area contributed by atoms with Crippen molar-refractivity contribution in [3.8, 4) is 0 Å². The summed E-state index contributed by atoms with van der Waals surface area (Å²) in [7, 11) is 0. The number of aryl methyl sites for hydroxylation is 1. The van der Waals surface area contributed by atoms with Crippen LogP contribution in [0.5, 0.6) is 0 Å². The Kier molecular flexibility index (Phi) is 5.53. The first-order valence-electron chi connectivity index (χ1n) is 10.2. The summed E-state index contributed by atoms with van der Waals surface area (Å²) in [4.78, 5) is 25.9. The van der Waals surface area contributed by atoms with Gasteiger partial charge in [-0.3, -0.25) is 0 Å². The largest absolute Gasteiger partial charge is 0.416 e. The highest BCUT2D eigenvalue weighted by atomic mass is 19.4. The number of carbonyl (C=O) groups is 1. The molecule has 2 aliphatic rings. The van der Waals surface area contributed by atoms with E-state index in [1.165, 1.54) is 18.6 Å². The van der Waals surface area contributed by atoms with Crippen LogP contribution in [0.25, 0.3) is 0 Å². The summed E-state index contributed by atoms with van der Waals surface area (Å²) >= 11 is 0. The van der Waals surface area contributed by atoms with Gasteiger partial charge in [0, 0.05) is 37.3 Å². The number of alkyl halides is 3. The minimum atomic E-state index is -4.46. The van der Waals surface area contributed by atoms with E-state index in [2.05, 4.69) is 20.2 Å². The van der Waals surface area contributed by atoms with Crippen LogP contribution in [0, 0.1) is 6.92 Å². The van der Waals surface area contributed by atoms with Crippen LogP contribution in [0.1, 0.15) is 41.9 Å². The van der Waals surface area contributed by atoms with Gasteiger partial charge in [-0.2, -0.15) is 13.2 Å². The second-order valence-corrected chi connectivity index (χ2v) is 7.75. The van der Waals surface area contributed by atoms with Gasteiger partial charge in [0.2, 0.25) is 0 Å². The van der Waals surface area contributed by atoms with Crippen molar-refractivity contribution in [1.82, 2.24) is 14.9 Å². The highest BCUT2D eigenvalue weighted by Gasteiger charge is 2.31. The predicted octanol–water partition coefficient (Wildman–Crippen LogP) is 4.38. The quantitative estimate of drug-likeness (QED) is 0.785. The molecule has 30 heavy (non-hydrogen) atoms. The number of fused-ring (bicyclic) bond motifs is 1. The SMILES string of the molecule is Cc1nc2c(c(N3CCCCC3)n1)CN(C(=O)Nc1cccc(C(F)(F)F)c1)CC2. The zero-order valence-corrected chi connectivity index (χ0v) is 16.8. The molecule has 0 saturated carbocycles. The molecule has 0 bridgehead atoms. The minimum absolute atomic E-state index is 0.122. The number of benzene rings is 1. The average Bonchev–Trinajstić information content (AvgIpc) is 2.73. The van der Waals surface area contributed by atoms with Gasteiger partial charge in [0.15, 0.2) is 0 Å². The van der Waals surface area contributed by atoms with E-state index >= 15 is 0 Å². The van der Waals surface area contributed by atoms with E-state index in [0.717, 1.165) is 61.0 Å². The number of rotatable bonds is 2. The van der Waals surface area contributed by atoms with E-state index in [-0.39, 0.29) is 5.69 Å². The fourth-order valence-corrected chi connectivity index (χ4v) is 4.03. The maximum absolute atomic E-state index is 12.9. The first-order valence-corrected chi connectivity index (χ1v) is 10.2. The van der Waals surface area contributed by atoms with Crippen LogP contribution in [0.3, 0.4) is 0 Å². The molecule has 0 atom stereocenters. The molecule has 0 spiro atoms. The standard InChI is InChI=1S/C21H24F3N5O/c1-14-25-18-8-11-29(13-17(18)19(26-14)28-9-3-2-4-10-28)20(30)27-16-7-5-6-15(12-16)21(22,23)24/h5-7,12H,2-4,8-11,13H2,1H3,(H,27,30). The number of hydrogen-bond donors (Lipinski definition) is 1. The van der Waals surface area contributed by atoms with E-state index in [1.54, 1.807) is 4.90 Å². The van der Waals surface area contributed by atoms with E-state index in [4.69, 9.17) is 0 Å². The van der Waals surface area contributed by atoms with Gasteiger partial charge in [0.1, 0.15) is 11.6 Å². The van der Waals surface area contributed by atoms with Gasteiger partial charge in [0.25, 0.3) is 0 Å². The number of urea groups is 1. The van der Waals surface area contributed by atoms with Gasteiger partial charge in [0.05, 0.1) is 17.8 Å². The molecule has 1 aromatic heterocycles. The lowest BCUT2D eigenvalue weighted by Crippen LogP contribution is -2.41. The second-order valence-electron chi connectivity index (χ2n) is 7.75. The monoisotopic (exact) mass is 419 g/mol. The number of halogens is 3. The molecule has 0 unspecified atom stereocenters. The Labute approximate surface area is 173 Å². The number of piperidine rings is 1. The third-order valence-corrected chi connectivity index (χ3v) is 5.53. The topological polar surface area (TPSA) is 61.4 Å². The summed E-state index contributed by atoms with van der Waals surface area (Å²) < 4.78 is 38.8. The molecule has 160 valence electrons. The molecule has 0 radical (unpaired) electrons. The molecular formula is C21H24F3N5O. The van der Waals surface area contributed by atoms with Crippen molar-refractivity contribution in [2.24, 2.45) is 0 Å². The summed E-state index contributed by atoms with van der Waals surface area (Å²) in [6.07, 6.45) is -0.442. The normalized spacial score (nSPS) is 16.9. The number of aromatic nitrogens is 2. The Balaban J connectivity index is 1.53. The van der Waals surface area contributed by atoms with Gasteiger partial charge < -0.3 is 15.1 Å². The maximum atomic E-state index is 12.9. The van der Waals surface area contributed by atoms with Crippen molar-refractivity contribution >= 4 is 17.5 Å². The Morgan fingerprint density at radius 1 is 1.10 bits per heavy atom. The number of carbonyl (C=O) groups excluding carboxylic acids is 1. The van der Waals surface area contributed by atoms with E-state index < -0.39 is 17.8 Å². The van der Waals surface area contributed by atoms with Gasteiger partial charge in [-0.15, -0.1) is 0 Å². The van der Waals surface area contributed by atoms with Gasteiger partial charge in [-0.05, 0) is 44.4 Å². The number of anilines is 2. The van der Waals surface area contributed by atoms with Crippen LogP contribution < -0.4 is 10.2 Å². The van der Waals surface area contributed by atoms with Crippen LogP contribution >= 0.6 is 0 Å². The Bertz CT molecular complexity index is 941. The first-order chi connectivity index (χ1) is 14.3. The van der Waals surface area contributed by atoms with Crippen LogP contribution in [0.15, 0.2) is 24.3 Å². The molecular weight excluding hydrogens is 395 g/mol. The number of nitrogens with zero attached hydrogens (tertiary/aromatic N) is 4. The highest BCUT2D eigenvalue weighted by Crippen LogP contribution is 2.31. The van der Waals surface area contributed by atoms with Crippen molar-refractivity contribution in [3.63, 3.8) is 0 Å². The van der Waals surface area contributed by atoms with Crippen molar-refractivity contribution < 1.29 is 18.0 Å². The Hall–Kier alpha value is -2.84. The van der Waals surface area contributed by atoms with Crippen molar-refractivity contribution in [2.75, 3.05) is 29.9 Å². The smallest absolute Gasteiger partial charge is 0.356 e. The molecule has 1 N–H and O–H groups in total. The van der Waals surface area contributed by atoms with Gasteiger partial charge in [-0.25, -0.2) is 14.8 Å². The lowest BCUT2D eigenvalue weighted by atomic mass is 10.0. The average molecular weight is 419 g/mol. The number of hydrogen-bond acceptors (Lipinski definition) is 4. The summed E-state index contributed by atoms with van der Waals surface area (Å²) in [5, 5.41) is 2.60. The summed E-state index contributed by atoms with van der Waals surface area (Å²) in [6, 6.07) is 4.25. The van der Waals surface area contributed by atoms with E-state index in [0.29, 0.717) is 19.5 Å². The van der Waals surface area contributed by atoms with Crippen LogP contribution in [-0.2, 0) is 19.1 Å². The fraction of sp³-hybridized carbons (Fsp3) is 0.476. The van der Waals surface area contributed by atoms with Crippen LogP contribution in [-0.4, -0.2) is 40.5 Å². The third kappa shape index (κ3) is 4.34. The third-order valence-electron chi connectivity index (χ3n) is 5.53. The maximum Gasteiger partial charge on any atom is 0.416 e. The lowest BCUT2D eigenvalue weighted by Gasteiger charge is -2.34. The molecule has 4 rings (SSSR count). The van der Waals surface area contributed by atoms with E-state index in [9.17, 15) is 18.0 Å². The predicted molar refractivity (Wildman–Crippen MR) is 107 cm³/mol. The van der Waals surface area contributed by atoms with Gasteiger partial charge >= 0.3 is 12.2 Å². The van der Waals surface area contributed by atoms with Crippen LogP contribution in [0.2, 0.25) is 0 Å². The lowest BCUT2D eigenvalue weighted by molar-refractivity contribution is -0.137. The van der Waals surface area contributed by atoms with Gasteiger partial charge in [-0.1, -0.05) is 6.07 Å². The summed E-state index contributed by atoms with van der Waals surface area (Å²) in [5.74, 6) is 1.60. The zero-order valence-electron chi connectivity index (χ0n) is 16.8. The van der Waals surface area contributed by atoms with Crippen molar-refractivity contribution in [2.45, 2.75) is 45.3 Å². The molecule has 0 aliphatic carbocycles. The number of nitrogens with one attached hydrogen (secondary N) is 1. The minimum Gasteiger partial charge on any atom is -0.356 e. The fourth-order valence-electron chi connectivity index (χ4n) is 4.03. The molecule has 2 aromatic rings. The number of amides is 2. The summed E-state index contributed by atoms with van der Waals surface area (Å²) in [5.41, 5.74) is 1.22. The zero-order chi connectivity index (χ0) is 21.3. The molecule has 1 saturated heterocycles.